The summed E-state index contributed by atoms with van der Waals surface area (Å²) in [6.45, 7) is 1.83. The van der Waals surface area contributed by atoms with Crippen molar-refractivity contribution in [2.75, 3.05) is 0 Å². The quantitative estimate of drug-likeness (QED) is 0.501. The molecule has 0 aliphatic carbocycles. The predicted octanol–water partition coefficient (Wildman–Crippen LogP) is 3.12. The summed E-state index contributed by atoms with van der Waals surface area (Å²) >= 11 is 0. The van der Waals surface area contributed by atoms with Crippen LogP contribution < -0.4 is 0 Å². The molecule has 0 radical (unpaired) electrons. The second-order valence-corrected chi connectivity index (χ2v) is 3.86. The van der Waals surface area contributed by atoms with Crippen LogP contribution in [-0.2, 0) is 0 Å². The highest BCUT2D eigenvalue weighted by Crippen LogP contribution is 2.02. The van der Waals surface area contributed by atoms with Gasteiger partial charge in [0.1, 0.15) is 0 Å². The molecule has 0 aliphatic rings. The van der Waals surface area contributed by atoms with Crippen molar-refractivity contribution in [3.63, 3.8) is 0 Å². The van der Waals surface area contributed by atoms with Gasteiger partial charge >= 0.3 is 0 Å². The van der Waals surface area contributed by atoms with Gasteiger partial charge in [0.15, 0.2) is 0 Å². The monoisotopic (exact) mass is 206 g/mol. The van der Waals surface area contributed by atoms with Crippen LogP contribution >= 0.6 is 0 Å². The second-order valence-electron chi connectivity index (χ2n) is 3.86. The lowest BCUT2D eigenvalue weighted by atomic mass is 10.1. The van der Waals surface area contributed by atoms with Gasteiger partial charge in [0.25, 0.3) is 0 Å². The minimum absolute atomic E-state index is 0.165. The largest absolute Gasteiger partial charge is 0.393 e. The maximum absolute atomic E-state index is 9.02. The Morgan fingerprint density at radius 1 is 1.00 bits per heavy atom. The van der Waals surface area contributed by atoms with Gasteiger partial charge in [-0.15, -0.1) is 24.2 Å². The van der Waals surface area contributed by atoms with Crippen molar-refractivity contribution in [1.29, 1.82) is 0 Å². The molecule has 0 spiro atoms. The molecule has 1 heteroatoms. The van der Waals surface area contributed by atoms with Crippen molar-refractivity contribution in [2.24, 2.45) is 0 Å². The van der Waals surface area contributed by atoms with E-state index in [4.69, 9.17) is 11.5 Å². The van der Waals surface area contributed by atoms with E-state index in [2.05, 4.69) is 17.8 Å². The van der Waals surface area contributed by atoms with Crippen molar-refractivity contribution >= 4 is 0 Å². The van der Waals surface area contributed by atoms with Gasteiger partial charge in [0.2, 0.25) is 0 Å². The molecular weight excluding hydrogens is 184 g/mol. The topological polar surface area (TPSA) is 20.2 Å². The van der Waals surface area contributed by atoms with Gasteiger partial charge in [-0.1, -0.05) is 0 Å². The third kappa shape index (κ3) is 13.1. The average Bonchev–Trinajstić information content (AvgIpc) is 2.20. The Kier molecular flexibility index (Phi) is 10.5. The molecule has 0 fully saturated rings. The van der Waals surface area contributed by atoms with E-state index < -0.39 is 0 Å². The van der Waals surface area contributed by atoms with Crippen LogP contribution in [0.3, 0.4) is 0 Å². The van der Waals surface area contributed by atoms with Crippen molar-refractivity contribution in [3.8, 4) is 24.2 Å². The van der Waals surface area contributed by atoms with E-state index in [1.165, 1.54) is 0 Å². The van der Waals surface area contributed by atoms with E-state index in [1.54, 1.807) is 0 Å². The van der Waals surface area contributed by atoms with Crippen molar-refractivity contribution in [3.05, 3.63) is 0 Å². The number of rotatable bonds is 7. The van der Waals surface area contributed by atoms with Crippen molar-refractivity contribution < 1.29 is 5.11 Å². The Morgan fingerprint density at radius 3 is 2.07 bits per heavy atom. The summed E-state index contributed by atoms with van der Waals surface area (Å²) in [6.07, 6.45) is 13.1. The number of hydrogen-bond acceptors (Lipinski definition) is 1. The minimum Gasteiger partial charge on any atom is -0.393 e. The zero-order valence-corrected chi connectivity index (χ0v) is 9.76. The van der Waals surface area contributed by atoms with Crippen molar-refractivity contribution in [2.45, 2.75) is 64.4 Å². The van der Waals surface area contributed by atoms with Crippen LogP contribution in [-0.4, -0.2) is 11.2 Å². The fourth-order valence-electron chi connectivity index (χ4n) is 1.27. The molecular formula is C14H22O. The number of terminal acetylenes is 1. The molecule has 0 rings (SSSR count). The molecule has 1 N–H and O–H groups in total. The number of aliphatic hydroxyl groups is 1. The first-order valence-corrected chi connectivity index (χ1v) is 5.84. The van der Waals surface area contributed by atoms with Gasteiger partial charge in [0, 0.05) is 19.3 Å². The minimum atomic E-state index is -0.165. The van der Waals surface area contributed by atoms with Gasteiger partial charge in [-0.2, -0.15) is 0 Å². The van der Waals surface area contributed by atoms with E-state index in [1.807, 2.05) is 6.92 Å². The SMILES string of the molecule is C#CCCCCC#CCCCCC(C)O. The maximum Gasteiger partial charge on any atom is 0.0512 e. The Labute approximate surface area is 94.3 Å². The Morgan fingerprint density at radius 2 is 1.53 bits per heavy atom. The first-order valence-electron chi connectivity index (χ1n) is 5.84. The Bertz CT molecular complexity index is 224. The highest BCUT2D eigenvalue weighted by Gasteiger charge is 1.93. The van der Waals surface area contributed by atoms with Gasteiger partial charge in [-0.05, 0) is 39.0 Å². The lowest BCUT2D eigenvalue weighted by molar-refractivity contribution is 0.181. The highest BCUT2D eigenvalue weighted by atomic mass is 16.3. The molecule has 0 bridgehead atoms. The molecule has 1 nitrogen and oxygen atoms in total. The van der Waals surface area contributed by atoms with E-state index in [0.717, 1.165) is 51.4 Å². The fraction of sp³-hybridized carbons (Fsp3) is 0.714. The van der Waals surface area contributed by atoms with Crippen LogP contribution in [0.15, 0.2) is 0 Å². The Balaban J connectivity index is 3.14. The maximum atomic E-state index is 9.02. The molecule has 0 saturated heterocycles. The third-order valence-corrected chi connectivity index (χ3v) is 2.17. The summed E-state index contributed by atoms with van der Waals surface area (Å²) in [5, 5.41) is 9.02. The van der Waals surface area contributed by atoms with Crippen LogP contribution in [0.5, 0.6) is 0 Å². The number of aliphatic hydroxyl groups excluding tert-OH is 1. The molecule has 1 unspecified atom stereocenters. The fourth-order valence-corrected chi connectivity index (χ4v) is 1.27. The summed E-state index contributed by atoms with van der Waals surface area (Å²) < 4.78 is 0. The van der Waals surface area contributed by atoms with Gasteiger partial charge in [-0.3, -0.25) is 0 Å². The van der Waals surface area contributed by atoms with Crippen LogP contribution in [0.2, 0.25) is 0 Å². The van der Waals surface area contributed by atoms with Crippen LogP contribution in [0.1, 0.15) is 58.3 Å². The van der Waals surface area contributed by atoms with Crippen LogP contribution in [0, 0.1) is 24.2 Å². The summed E-state index contributed by atoms with van der Waals surface area (Å²) in [6, 6.07) is 0. The van der Waals surface area contributed by atoms with Gasteiger partial charge in [-0.25, -0.2) is 0 Å². The summed E-state index contributed by atoms with van der Waals surface area (Å²) in [4.78, 5) is 0. The molecule has 0 aliphatic heterocycles. The molecule has 84 valence electrons. The van der Waals surface area contributed by atoms with E-state index in [0.29, 0.717) is 0 Å². The van der Waals surface area contributed by atoms with E-state index >= 15 is 0 Å². The first-order chi connectivity index (χ1) is 7.27. The lowest BCUT2D eigenvalue weighted by Gasteiger charge is -2.00. The molecule has 0 amide bonds. The molecule has 0 aromatic rings. The summed E-state index contributed by atoms with van der Waals surface area (Å²) in [7, 11) is 0. The second kappa shape index (κ2) is 11.2. The first kappa shape index (κ1) is 14.1. The van der Waals surface area contributed by atoms with Gasteiger partial charge < -0.3 is 5.11 Å². The number of hydrogen-bond donors (Lipinski definition) is 1. The van der Waals surface area contributed by atoms with E-state index in [9.17, 15) is 0 Å². The molecule has 0 saturated carbocycles. The van der Waals surface area contributed by atoms with Crippen molar-refractivity contribution in [1.82, 2.24) is 0 Å². The van der Waals surface area contributed by atoms with E-state index in [-0.39, 0.29) is 6.10 Å². The molecule has 15 heavy (non-hydrogen) atoms. The average molecular weight is 206 g/mol. The van der Waals surface area contributed by atoms with Crippen LogP contribution in [0.25, 0.3) is 0 Å². The molecule has 0 heterocycles. The lowest BCUT2D eigenvalue weighted by Crippen LogP contribution is -1.97. The zero-order chi connectivity index (χ0) is 11.4. The predicted molar refractivity (Wildman–Crippen MR) is 65.2 cm³/mol. The highest BCUT2D eigenvalue weighted by molar-refractivity contribution is 4.98. The third-order valence-electron chi connectivity index (χ3n) is 2.17. The molecule has 1 atom stereocenters. The van der Waals surface area contributed by atoms with Crippen LogP contribution in [0.4, 0.5) is 0 Å². The normalized spacial score (nSPS) is 11.3. The smallest absolute Gasteiger partial charge is 0.0512 e. The summed E-state index contributed by atoms with van der Waals surface area (Å²) in [5.41, 5.74) is 0. The summed E-state index contributed by atoms with van der Waals surface area (Å²) in [5.74, 6) is 8.93. The van der Waals surface area contributed by atoms with Gasteiger partial charge in [0.05, 0.1) is 6.10 Å². The Hall–Kier alpha value is -0.920. The molecule has 0 aromatic carbocycles. The zero-order valence-electron chi connectivity index (χ0n) is 9.76. The standard InChI is InChI=1S/C14H22O/c1-3-4-5-6-7-8-9-10-11-12-13-14(2)15/h1,14-15H,4-7,10-13H2,2H3. The number of unbranched alkanes of at least 4 members (excludes halogenated alkanes) is 5. The molecule has 0 aromatic heterocycles.